The van der Waals surface area contributed by atoms with E-state index in [1.165, 1.54) is 0 Å². The summed E-state index contributed by atoms with van der Waals surface area (Å²) in [6.45, 7) is 0. The summed E-state index contributed by atoms with van der Waals surface area (Å²) >= 11 is 0. The van der Waals surface area contributed by atoms with Crippen molar-refractivity contribution >= 4 is 43.6 Å². The van der Waals surface area contributed by atoms with E-state index in [4.69, 9.17) is 15.0 Å². The van der Waals surface area contributed by atoms with Gasteiger partial charge in [-0.1, -0.05) is 170 Å². The maximum absolute atomic E-state index is 11.1. The molecule has 0 radical (unpaired) electrons. The Balaban J connectivity index is 1.19. The molecule has 6 nitrogen and oxygen atoms in total. The quantitative estimate of drug-likeness (QED) is 0.161. The maximum Gasteiger partial charge on any atom is 0.166 e. The topological polar surface area (TPSA) is 72.3 Å². The van der Waals surface area contributed by atoms with Crippen LogP contribution in [0.25, 0.3) is 111 Å². The van der Waals surface area contributed by atoms with Gasteiger partial charge in [0.1, 0.15) is 6.07 Å². The van der Waals surface area contributed by atoms with Crippen molar-refractivity contribution in [1.82, 2.24) is 24.1 Å². The Morgan fingerprint density at radius 1 is 0.359 bits per heavy atom. The number of aromatic nitrogens is 5. The predicted molar refractivity (Wildman–Crippen MR) is 260 cm³/mol. The third-order valence-electron chi connectivity index (χ3n) is 12.2. The molecule has 0 atom stereocenters. The van der Waals surface area contributed by atoms with Gasteiger partial charge in [-0.2, -0.15) is 5.26 Å². The Labute approximate surface area is 369 Å². The molecule has 0 aliphatic rings. The van der Waals surface area contributed by atoms with Crippen LogP contribution in [0, 0.1) is 11.3 Å². The van der Waals surface area contributed by atoms with Crippen LogP contribution in [0.2, 0.25) is 0 Å². The van der Waals surface area contributed by atoms with E-state index in [2.05, 4.69) is 161 Å². The Hall–Kier alpha value is -8.92. The summed E-state index contributed by atoms with van der Waals surface area (Å²) in [6, 6.07) is 77.9. The van der Waals surface area contributed by atoms with Gasteiger partial charge in [-0.05, 0) is 70.8 Å². The zero-order valence-electron chi connectivity index (χ0n) is 34.5. The summed E-state index contributed by atoms with van der Waals surface area (Å²) in [5.74, 6) is 1.68. The molecule has 3 aromatic heterocycles. The summed E-state index contributed by atoms with van der Waals surface area (Å²) in [5.41, 5.74) is 13.4. The first-order chi connectivity index (χ1) is 31.7. The van der Waals surface area contributed by atoms with Gasteiger partial charge in [-0.15, -0.1) is 0 Å². The molecule has 3 heterocycles. The largest absolute Gasteiger partial charge is 0.309 e. The van der Waals surface area contributed by atoms with Gasteiger partial charge in [0, 0.05) is 43.9 Å². The Kier molecular flexibility index (Phi) is 8.77. The van der Waals surface area contributed by atoms with Gasteiger partial charge in [0.25, 0.3) is 0 Å². The normalized spacial score (nSPS) is 11.4. The van der Waals surface area contributed by atoms with Crippen LogP contribution in [0.1, 0.15) is 5.56 Å². The van der Waals surface area contributed by atoms with Crippen LogP contribution in [0.15, 0.2) is 218 Å². The Morgan fingerprint density at radius 3 is 1.50 bits per heavy atom. The highest BCUT2D eigenvalue weighted by molar-refractivity contribution is 6.23. The molecule has 0 amide bonds. The standard InChI is InChI=1S/C58H36N6/c59-37-42-33-34-45(44-28-17-31-51-53(44)46-26-13-15-29-49(46)63(51)43-24-11-4-12-25-43)54-47-27-14-16-30-50(47)64(55(42)54)52-36-41(38-18-5-1-6-19-38)32-35-48(52)58-61-56(39-20-7-2-8-21-39)60-57(62-58)40-22-9-3-10-23-40/h1-36H. The van der Waals surface area contributed by atoms with Crippen molar-refractivity contribution in [3.05, 3.63) is 224 Å². The first-order valence-corrected chi connectivity index (χ1v) is 21.3. The van der Waals surface area contributed by atoms with E-state index in [-0.39, 0.29) is 0 Å². The Morgan fingerprint density at radius 2 is 0.859 bits per heavy atom. The van der Waals surface area contributed by atoms with E-state index < -0.39 is 0 Å². The highest BCUT2D eigenvalue weighted by Gasteiger charge is 2.25. The summed E-state index contributed by atoms with van der Waals surface area (Å²) < 4.78 is 4.61. The van der Waals surface area contributed by atoms with Crippen molar-refractivity contribution in [2.24, 2.45) is 0 Å². The van der Waals surface area contributed by atoms with Gasteiger partial charge in [0.15, 0.2) is 17.5 Å². The van der Waals surface area contributed by atoms with Gasteiger partial charge in [-0.3, -0.25) is 0 Å². The number of nitrogens with zero attached hydrogens (tertiary/aromatic N) is 6. The number of hydrogen-bond acceptors (Lipinski definition) is 4. The SMILES string of the molecule is N#Cc1ccc(-c2cccc3c2c2ccccc2n3-c2ccccc2)c2c3ccccc3n(-c3cc(-c4ccccc4)ccc3-c3nc(-c4ccccc4)nc(-c4ccccc4)n3)c12. The van der Waals surface area contributed by atoms with Crippen LogP contribution in [-0.2, 0) is 0 Å². The first-order valence-electron chi connectivity index (χ1n) is 21.3. The van der Waals surface area contributed by atoms with Crippen molar-refractivity contribution in [2.75, 3.05) is 0 Å². The van der Waals surface area contributed by atoms with Gasteiger partial charge >= 0.3 is 0 Å². The van der Waals surface area contributed by atoms with Crippen LogP contribution in [0.5, 0.6) is 0 Å². The summed E-state index contributed by atoms with van der Waals surface area (Å²) in [4.78, 5) is 15.5. The fraction of sp³-hybridized carbons (Fsp3) is 0. The second-order valence-corrected chi connectivity index (χ2v) is 15.9. The number of hydrogen-bond donors (Lipinski definition) is 0. The molecule has 12 aromatic rings. The molecule has 0 N–H and O–H groups in total. The zero-order chi connectivity index (χ0) is 42.6. The molecule has 0 bridgehead atoms. The second kappa shape index (κ2) is 15.2. The van der Waals surface area contributed by atoms with Crippen molar-refractivity contribution < 1.29 is 0 Å². The van der Waals surface area contributed by atoms with Crippen LogP contribution < -0.4 is 0 Å². The minimum atomic E-state index is 0.529. The van der Waals surface area contributed by atoms with Crippen LogP contribution in [-0.4, -0.2) is 24.1 Å². The number of nitriles is 1. The molecule has 0 spiro atoms. The molecule has 9 aromatic carbocycles. The van der Waals surface area contributed by atoms with Crippen LogP contribution >= 0.6 is 0 Å². The molecular formula is C58H36N6. The highest BCUT2D eigenvalue weighted by Crippen LogP contribution is 2.46. The summed E-state index contributed by atoms with van der Waals surface area (Å²) in [7, 11) is 0. The molecular weight excluding hydrogens is 781 g/mol. The molecule has 12 rings (SSSR count). The highest BCUT2D eigenvalue weighted by atomic mass is 15.1. The van der Waals surface area contributed by atoms with E-state index in [1.54, 1.807) is 0 Å². The van der Waals surface area contributed by atoms with Crippen molar-refractivity contribution in [2.45, 2.75) is 0 Å². The smallest absolute Gasteiger partial charge is 0.166 e. The van der Waals surface area contributed by atoms with E-state index in [9.17, 15) is 5.26 Å². The number of benzene rings is 9. The van der Waals surface area contributed by atoms with Crippen molar-refractivity contribution in [3.63, 3.8) is 0 Å². The van der Waals surface area contributed by atoms with Crippen molar-refractivity contribution in [3.8, 4) is 73.9 Å². The third-order valence-corrected chi connectivity index (χ3v) is 12.2. The van der Waals surface area contributed by atoms with E-state index >= 15 is 0 Å². The Bertz CT molecular complexity index is 3710. The molecule has 0 saturated heterocycles. The van der Waals surface area contributed by atoms with E-state index in [0.29, 0.717) is 23.0 Å². The molecule has 64 heavy (non-hydrogen) atoms. The zero-order valence-corrected chi connectivity index (χ0v) is 34.5. The number of rotatable bonds is 7. The van der Waals surface area contributed by atoms with Gasteiger partial charge in [0.05, 0.1) is 33.3 Å². The molecule has 0 aliphatic heterocycles. The fourth-order valence-corrected chi connectivity index (χ4v) is 9.41. The summed E-state index contributed by atoms with van der Waals surface area (Å²) in [5, 5.41) is 15.4. The minimum absolute atomic E-state index is 0.529. The average Bonchev–Trinajstić information content (AvgIpc) is 3.91. The molecule has 0 saturated carbocycles. The van der Waals surface area contributed by atoms with Crippen molar-refractivity contribution in [1.29, 1.82) is 5.26 Å². The van der Waals surface area contributed by atoms with Gasteiger partial charge in [-0.25, -0.2) is 15.0 Å². The average molecular weight is 817 g/mol. The maximum atomic E-state index is 11.1. The monoisotopic (exact) mass is 816 g/mol. The number of fused-ring (bicyclic) bond motifs is 6. The molecule has 6 heteroatoms. The molecule has 298 valence electrons. The number of para-hydroxylation sites is 3. The molecule has 0 unspecified atom stereocenters. The van der Waals surface area contributed by atoms with E-state index in [1.807, 2.05) is 72.8 Å². The lowest BCUT2D eigenvalue weighted by atomic mass is 9.94. The fourth-order valence-electron chi connectivity index (χ4n) is 9.41. The molecule has 0 fully saturated rings. The predicted octanol–water partition coefficient (Wildman–Crippen LogP) is 14.3. The van der Waals surface area contributed by atoms with E-state index in [0.717, 1.165) is 93.9 Å². The van der Waals surface area contributed by atoms with Gasteiger partial charge in [0.2, 0.25) is 0 Å². The van der Waals surface area contributed by atoms with Gasteiger partial charge < -0.3 is 9.13 Å². The van der Waals surface area contributed by atoms with Crippen LogP contribution in [0.3, 0.4) is 0 Å². The summed E-state index contributed by atoms with van der Waals surface area (Å²) in [6.07, 6.45) is 0. The molecule has 0 aliphatic carbocycles. The lowest BCUT2D eigenvalue weighted by molar-refractivity contribution is 1.06. The third kappa shape index (κ3) is 5.99. The second-order valence-electron chi connectivity index (χ2n) is 15.9. The lowest BCUT2D eigenvalue weighted by Gasteiger charge is -2.17. The first kappa shape index (κ1) is 36.9. The minimum Gasteiger partial charge on any atom is -0.309 e. The van der Waals surface area contributed by atoms with Crippen LogP contribution in [0.4, 0.5) is 0 Å². The lowest BCUT2D eigenvalue weighted by Crippen LogP contribution is -2.04.